The van der Waals surface area contributed by atoms with Gasteiger partial charge < -0.3 is 4.52 Å². The Morgan fingerprint density at radius 3 is 2.62 bits per heavy atom. The molecule has 0 unspecified atom stereocenters. The van der Waals surface area contributed by atoms with Gasteiger partial charge in [-0.3, -0.25) is 4.90 Å². The molecule has 1 aromatic carbocycles. The van der Waals surface area contributed by atoms with Crippen LogP contribution in [0.4, 0.5) is 4.39 Å². The van der Waals surface area contributed by atoms with Crippen molar-refractivity contribution in [3.05, 3.63) is 47.4 Å². The van der Waals surface area contributed by atoms with Gasteiger partial charge in [-0.25, -0.2) is 12.8 Å². The molecular weight excluding hydrogens is 335 g/mol. The van der Waals surface area contributed by atoms with Gasteiger partial charge in [0.05, 0.1) is 12.3 Å². The summed E-state index contributed by atoms with van der Waals surface area (Å²) >= 11 is 0. The van der Waals surface area contributed by atoms with Gasteiger partial charge in [0.2, 0.25) is 15.9 Å². The van der Waals surface area contributed by atoms with Crippen LogP contribution in [0.1, 0.15) is 17.3 Å². The van der Waals surface area contributed by atoms with Crippen LogP contribution in [0.2, 0.25) is 0 Å². The van der Waals surface area contributed by atoms with Gasteiger partial charge in [-0.15, -0.1) is 0 Å². The van der Waals surface area contributed by atoms with E-state index in [2.05, 4.69) is 15.0 Å². The molecule has 1 aromatic heterocycles. The zero-order chi connectivity index (χ0) is 17.2. The van der Waals surface area contributed by atoms with Gasteiger partial charge >= 0.3 is 0 Å². The second kappa shape index (κ2) is 6.96. The van der Waals surface area contributed by atoms with Gasteiger partial charge in [-0.05, 0) is 17.7 Å². The largest absolute Gasteiger partial charge is 0.340 e. The number of aromatic nitrogens is 2. The Labute approximate surface area is 140 Å². The summed E-state index contributed by atoms with van der Waals surface area (Å²) in [5, 5.41) is 3.85. The number of piperazine rings is 1. The fourth-order valence-corrected chi connectivity index (χ4v) is 4.20. The normalized spacial score (nSPS) is 17.2. The number of sulfonamides is 1. The molecule has 1 aliphatic rings. The molecule has 9 heteroatoms. The predicted molar refractivity (Wildman–Crippen MR) is 84.9 cm³/mol. The first-order valence-corrected chi connectivity index (χ1v) is 9.27. The van der Waals surface area contributed by atoms with E-state index >= 15 is 0 Å². The Morgan fingerprint density at radius 2 is 2.00 bits per heavy atom. The maximum atomic E-state index is 13.2. The Morgan fingerprint density at radius 1 is 1.25 bits per heavy atom. The maximum absolute atomic E-state index is 13.2. The molecule has 0 saturated carbocycles. The van der Waals surface area contributed by atoms with E-state index in [0.29, 0.717) is 50.0 Å². The highest BCUT2D eigenvalue weighted by Gasteiger charge is 2.27. The minimum absolute atomic E-state index is 0.186. The van der Waals surface area contributed by atoms with Crippen molar-refractivity contribution in [2.45, 2.75) is 19.2 Å². The van der Waals surface area contributed by atoms with Crippen molar-refractivity contribution in [1.29, 1.82) is 0 Å². The number of hydrogen-bond acceptors (Lipinski definition) is 6. The van der Waals surface area contributed by atoms with E-state index in [1.807, 2.05) is 0 Å². The van der Waals surface area contributed by atoms with E-state index < -0.39 is 15.8 Å². The molecule has 0 aliphatic carbocycles. The average Bonchev–Trinajstić information content (AvgIpc) is 2.92. The van der Waals surface area contributed by atoms with Crippen molar-refractivity contribution in [2.75, 3.05) is 26.2 Å². The SMILES string of the molecule is Cc1nc(CN2CCN(S(=O)(=O)Cc3cccc(F)c3)CC2)no1. The standard InChI is InChI=1S/C15H19FN4O3S/c1-12-17-15(18-23-12)10-19-5-7-20(8-6-19)24(21,22)11-13-3-2-4-14(16)9-13/h2-4,9H,5-8,10-11H2,1H3. The molecule has 1 aliphatic heterocycles. The van der Waals surface area contributed by atoms with Crippen molar-refractivity contribution >= 4 is 10.0 Å². The van der Waals surface area contributed by atoms with E-state index in [4.69, 9.17) is 4.52 Å². The highest BCUT2D eigenvalue weighted by Crippen LogP contribution is 2.15. The smallest absolute Gasteiger partial charge is 0.223 e. The Bertz CT molecular complexity index is 801. The van der Waals surface area contributed by atoms with Gasteiger partial charge in [0.25, 0.3) is 0 Å². The molecule has 2 aromatic rings. The summed E-state index contributed by atoms with van der Waals surface area (Å²) in [6.45, 7) is 4.25. The number of benzene rings is 1. The summed E-state index contributed by atoms with van der Waals surface area (Å²) < 4.78 is 44.6. The molecule has 0 spiro atoms. The molecule has 0 amide bonds. The quantitative estimate of drug-likeness (QED) is 0.802. The van der Waals surface area contributed by atoms with E-state index in [1.165, 1.54) is 22.5 Å². The van der Waals surface area contributed by atoms with Gasteiger partial charge in [0.1, 0.15) is 5.82 Å². The summed E-state index contributed by atoms with van der Waals surface area (Å²) in [6.07, 6.45) is 0. The van der Waals surface area contributed by atoms with E-state index in [9.17, 15) is 12.8 Å². The van der Waals surface area contributed by atoms with Crippen LogP contribution in [0.3, 0.4) is 0 Å². The topological polar surface area (TPSA) is 79.5 Å². The lowest BCUT2D eigenvalue weighted by Crippen LogP contribution is -2.48. The second-order valence-electron chi connectivity index (χ2n) is 5.79. The summed E-state index contributed by atoms with van der Waals surface area (Å²) in [5.74, 6) is 0.502. The van der Waals surface area contributed by atoms with Crippen molar-refractivity contribution in [3.63, 3.8) is 0 Å². The van der Waals surface area contributed by atoms with E-state index in [-0.39, 0.29) is 5.75 Å². The van der Waals surface area contributed by atoms with Crippen LogP contribution < -0.4 is 0 Å². The van der Waals surface area contributed by atoms with E-state index in [0.717, 1.165) is 0 Å². The number of nitrogens with zero attached hydrogens (tertiary/aromatic N) is 4. The molecule has 3 rings (SSSR count). The molecule has 0 radical (unpaired) electrons. The molecule has 7 nitrogen and oxygen atoms in total. The molecule has 0 bridgehead atoms. The molecule has 0 N–H and O–H groups in total. The molecule has 130 valence electrons. The van der Waals surface area contributed by atoms with Crippen LogP contribution in [0, 0.1) is 12.7 Å². The minimum Gasteiger partial charge on any atom is -0.340 e. The first-order chi connectivity index (χ1) is 11.4. The van der Waals surface area contributed by atoms with Crippen molar-refractivity contribution in [1.82, 2.24) is 19.3 Å². The van der Waals surface area contributed by atoms with Crippen molar-refractivity contribution in [2.24, 2.45) is 0 Å². The van der Waals surface area contributed by atoms with Crippen molar-refractivity contribution < 1.29 is 17.3 Å². The third-order valence-corrected chi connectivity index (χ3v) is 5.75. The lowest BCUT2D eigenvalue weighted by atomic mass is 10.2. The van der Waals surface area contributed by atoms with Crippen LogP contribution in [0.15, 0.2) is 28.8 Å². The zero-order valence-electron chi connectivity index (χ0n) is 13.4. The predicted octanol–water partition coefficient (Wildman–Crippen LogP) is 1.16. The Hall–Kier alpha value is -1.84. The van der Waals surface area contributed by atoms with Crippen LogP contribution in [-0.2, 0) is 22.3 Å². The van der Waals surface area contributed by atoms with E-state index in [1.54, 1.807) is 13.0 Å². The number of rotatable bonds is 5. The van der Waals surface area contributed by atoms with Gasteiger partial charge in [0, 0.05) is 33.1 Å². The molecule has 0 atom stereocenters. The molecule has 1 saturated heterocycles. The Kier molecular flexibility index (Phi) is 4.93. The molecule has 1 fully saturated rings. The third kappa shape index (κ3) is 4.16. The van der Waals surface area contributed by atoms with Gasteiger partial charge in [0.15, 0.2) is 5.82 Å². The Balaban J connectivity index is 1.57. The minimum atomic E-state index is -3.46. The van der Waals surface area contributed by atoms with Crippen LogP contribution in [0.25, 0.3) is 0 Å². The van der Waals surface area contributed by atoms with Crippen molar-refractivity contribution in [3.8, 4) is 0 Å². The van der Waals surface area contributed by atoms with Crippen LogP contribution >= 0.6 is 0 Å². The fourth-order valence-electron chi connectivity index (χ4n) is 2.70. The monoisotopic (exact) mass is 354 g/mol. The van der Waals surface area contributed by atoms with Gasteiger partial charge in [-0.1, -0.05) is 17.3 Å². The van der Waals surface area contributed by atoms with Crippen LogP contribution in [-0.4, -0.2) is 53.9 Å². The average molecular weight is 354 g/mol. The lowest BCUT2D eigenvalue weighted by Gasteiger charge is -2.33. The first kappa shape index (κ1) is 17.0. The lowest BCUT2D eigenvalue weighted by molar-refractivity contribution is 0.176. The third-order valence-electron chi connectivity index (χ3n) is 3.90. The molecule has 24 heavy (non-hydrogen) atoms. The van der Waals surface area contributed by atoms with Crippen LogP contribution in [0.5, 0.6) is 0 Å². The zero-order valence-corrected chi connectivity index (χ0v) is 14.2. The second-order valence-corrected chi connectivity index (χ2v) is 7.76. The highest BCUT2D eigenvalue weighted by molar-refractivity contribution is 7.88. The summed E-state index contributed by atoms with van der Waals surface area (Å²) in [6, 6.07) is 5.70. The summed E-state index contributed by atoms with van der Waals surface area (Å²) in [7, 11) is -3.46. The summed E-state index contributed by atoms with van der Waals surface area (Å²) in [5.41, 5.74) is 0.458. The highest BCUT2D eigenvalue weighted by atomic mass is 32.2. The molecule has 2 heterocycles. The fraction of sp³-hybridized carbons (Fsp3) is 0.467. The number of hydrogen-bond donors (Lipinski definition) is 0. The molecular formula is C15H19FN4O3S. The maximum Gasteiger partial charge on any atom is 0.223 e. The first-order valence-electron chi connectivity index (χ1n) is 7.66. The summed E-state index contributed by atoms with van der Waals surface area (Å²) in [4.78, 5) is 6.23. The number of halogens is 1. The van der Waals surface area contributed by atoms with Gasteiger partial charge in [-0.2, -0.15) is 9.29 Å². The number of aryl methyl sites for hydroxylation is 1.